The fourth-order valence-corrected chi connectivity index (χ4v) is 4.19. The molecule has 0 aliphatic heterocycles. The third-order valence-electron chi connectivity index (χ3n) is 5.20. The number of fused-ring (bicyclic) bond motifs is 3. The van der Waals surface area contributed by atoms with Crippen LogP contribution >= 0.6 is 15.9 Å². The zero-order valence-corrected chi connectivity index (χ0v) is 18.2. The Kier molecular flexibility index (Phi) is 6.19. The molecule has 0 spiro atoms. The largest absolute Gasteiger partial charge is 0.496 e. The zero-order valence-electron chi connectivity index (χ0n) is 16.6. The molecule has 0 heterocycles. The molecule has 152 valence electrons. The highest BCUT2D eigenvalue weighted by Gasteiger charge is 2.28. The van der Waals surface area contributed by atoms with Crippen LogP contribution < -0.4 is 10.1 Å². The van der Waals surface area contributed by atoms with Gasteiger partial charge in [0.2, 0.25) is 0 Å². The first-order valence-electron chi connectivity index (χ1n) is 9.76. The quantitative estimate of drug-likeness (QED) is 0.486. The topological polar surface area (TPSA) is 47.6 Å². The van der Waals surface area contributed by atoms with E-state index in [9.17, 15) is 4.79 Å². The molecule has 1 aliphatic rings. The van der Waals surface area contributed by atoms with E-state index in [1.165, 1.54) is 22.3 Å². The summed E-state index contributed by atoms with van der Waals surface area (Å²) in [5, 5.41) is 2.78. The number of halogens is 1. The average molecular weight is 464 g/mol. The molecule has 3 aromatic rings. The number of methoxy groups -OCH3 is 1. The van der Waals surface area contributed by atoms with Gasteiger partial charge in [0.1, 0.15) is 12.4 Å². The lowest BCUT2D eigenvalue weighted by Gasteiger charge is -2.14. The van der Waals surface area contributed by atoms with Crippen molar-refractivity contribution in [3.63, 3.8) is 0 Å². The summed E-state index contributed by atoms with van der Waals surface area (Å²) in [5.74, 6) is 0.834. The van der Waals surface area contributed by atoms with Crippen LogP contribution in [0.15, 0.2) is 77.3 Å². The van der Waals surface area contributed by atoms with Gasteiger partial charge in [0, 0.05) is 22.5 Å². The molecule has 4 rings (SSSR count). The lowest BCUT2D eigenvalue weighted by Crippen LogP contribution is -2.26. The van der Waals surface area contributed by atoms with Gasteiger partial charge < -0.3 is 14.8 Å². The van der Waals surface area contributed by atoms with Gasteiger partial charge in [-0.3, -0.25) is 0 Å². The third kappa shape index (κ3) is 4.26. The van der Waals surface area contributed by atoms with Crippen LogP contribution in [0.4, 0.5) is 4.79 Å². The van der Waals surface area contributed by atoms with Crippen molar-refractivity contribution in [2.75, 3.05) is 20.3 Å². The lowest BCUT2D eigenvalue weighted by atomic mass is 9.98. The lowest BCUT2D eigenvalue weighted by molar-refractivity contribution is 0.144. The van der Waals surface area contributed by atoms with Crippen molar-refractivity contribution in [3.05, 3.63) is 94.0 Å². The van der Waals surface area contributed by atoms with E-state index < -0.39 is 6.09 Å². The Bertz CT molecular complexity index is 1050. The predicted molar refractivity (Wildman–Crippen MR) is 123 cm³/mol. The molecule has 0 saturated heterocycles. The summed E-state index contributed by atoms with van der Waals surface area (Å²) in [7, 11) is 1.63. The molecule has 4 nitrogen and oxygen atoms in total. The van der Waals surface area contributed by atoms with Gasteiger partial charge in [-0.25, -0.2) is 4.79 Å². The standard InChI is InChI=1S/C25H22BrNO3/c1-29-24-13-12-18(26)15-17(24)7-6-14-27-25(28)30-16-23-21-10-4-2-8-19(21)20-9-3-5-11-22(20)23/h2-13,15,23H,14,16H2,1H3,(H,27,28). The van der Waals surface area contributed by atoms with Crippen molar-refractivity contribution in [2.24, 2.45) is 0 Å². The first kappa shape index (κ1) is 20.2. The Morgan fingerprint density at radius 1 is 1.03 bits per heavy atom. The number of carbonyl (C=O) groups excluding carboxylic acids is 1. The van der Waals surface area contributed by atoms with Gasteiger partial charge in [-0.15, -0.1) is 0 Å². The van der Waals surface area contributed by atoms with Gasteiger partial charge in [0.05, 0.1) is 7.11 Å². The SMILES string of the molecule is COc1ccc(Br)cc1C=CCNC(=O)OCC1c2ccccc2-c2ccccc21. The molecule has 0 saturated carbocycles. The van der Waals surface area contributed by atoms with E-state index in [0.717, 1.165) is 15.8 Å². The number of ether oxygens (including phenoxy) is 2. The number of rotatable bonds is 6. The molecule has 0 atom stereocenters. The maximum Gasteiger partial charge on any atom is 0.407 e. The van der Waals surface area contributed by atoms with Crippen LogP contribution in [0.1, 0.15) is 22.6 Å². The maximum absolute atomic E-state index is 12.2. The molecule has 0 unspecified atom stereocenters. The van der Waals surface area contributed by atoms with Crippen LogP contribution in [0.3, 0.4) is 0 Å². The van der Waals surface area contributed by atoms with Crippen molar-refractivity contribution in [3.8, 4) is 16.9 Å². The number of carbonyl (C=O) groups is 1. The molecule has 1 N–H and O–H groups in total. The Labute approximate surface area is 184 Å². The number of alkyl carbamates (subject to hydrolysis) is 1. The van der Waals surface area contributed by atoms with Crippen LogP contribution in [-0.4, -0.2) is 26.4 Å². The molecular weight excluding hydrogens is 442 g/mol. The van der Waals surface area contributed by atoms with Gasteiger partial charge in [0.15, 0.2) is 0 Å². The van der Waals surface area contributed by atoms with Gasteiger partial charge in [-0.1, -0.05) is 76.6 Å². The summed E-state index contributed by atoms with van der Waals surface area (Å²) in [6.07, 6.45) is 3.35. The summed E-state index contributed by atoms with van der Waals surface area (Å²) in [6.45, 7) is 0.676. The molecule has 0 aromatic heterocycles. The smallest absolute Gasteiger partial charge is 0.407 e. The minimum atomic E-state index is -0.428. The Morgan fingerprint density at radius 3 is 2.37 bits per heavy atom. The molecule has 0 radical (unpaired) electrons. The Balaban J connectivity index is 1.34. The molecular formula is C25H22BrNO3. The van der Waals surface area contributed by atoms with E-state index in [1.807, 2.05) is 54.6 Å². The molecule has 1 amide bonds. The summed E-state index contributed by atoms with van der Waals surface area (Å²) >= 11 is 3.45. The van der Waals surface area contributed by atoms with E-state index in [2.05, 4.69) is 45.5 Å². The molecule has 3 aromatic carbocycles. The second-order valence-corrected chi connectivity index (χ2v) is 7.91. The highest BCUT2D eigenvalue weighted by Crippen LogP contribution is 2.44. The second-order valence-electron chi connectivity index (χ2n) is 7.00. The van der Waals surface area contributed by atoms with Crippen molar-refractivity contribution in [2.45, 2.75) is 5.92 Å². The molecule has 0 bridgehead atoms. The van der Waals surface area contributed by atoms with Crippen molar-refractivity contribution in [1.29, 1.82) is 0 Å². The van der Waals surface area contributed by atoms with E-state index >= 15 is 0 Å². The van der Waals surface area contributed by atoms with Gasteiger partial charge in [-0.2, -0.15) is 0 Å². The minimum Gasteiger partial charge on any atom is -0.496 e. The molecule has 1 aliphatic carbocycles. The third-order valence-corrected chi connectivity index (χ3v) is 5.69. The van der Waals surface area contributed by atoms with Crippen LogP contribution in [0, 0.1) is 0 Å². The van der Waals surface area contributed by atoms with Crippen molar-refractivity contribution in [1.82, 2.24) is 5.32 Å². The van der Waals surface area contributed by atoms with Gasteiger partial charge in [-0.05, 0) is 40.5 Å². The van der Waals surface area contributed by atoms with Gasteiger partial charge in [0.25, 0.3) is 0 Å². The van der Waals surface area contributed by atoms with E-state index in [0.29, 0.717) is 13.2 Å². The van der Waals surface area contributed by atoms with E-state index in [4.69, 9.17) is 9.47 Å². The number of amides is 1. The number of hydrogen-bond acceptors (Lipinski definition) is 3. The second kappa shape index (κ2) is 9.18. The fraction of sp³-hybridized carbons (Fsp3) is 0.160. The summed E-state index contributed by atoms with van der Waals surface area (Å²) in [4.78, 5) is 12.2. The van der Waals surface area contributed by atoms with Crippen LogP contribution in [0.2, 0.25) is 0 Å². The summed E-state index contributed by atoms with van der Waals surface area (Å²) in [6, 6.07) is 22.4. The first-order chi connectivity index (χ1) is 14.7. The minimum absolute atomic E-state index is 0.0598. The number of nitrogens with one attached hydrogen (secondary N) is 1. The fourth-order valence-electron chi connectivity index (χ4n) is 3.81. The average Bonchev–Trinajstić information content (AvgIpc) is 3.09. The normalized spacial score (nSPS) is 12.5. The highest BCUT2D eigenvalue weighted by atomic mass is 79.9. The first-order valence-corrected chi connectivity index (χ1v) is 10.6. The Morgan fingerprint density at radius 2 is 1.70 bits per heavy atom. The maximum atomic E-state index is 12.2. The Hall–Kier alpha value is -3.05. The van der Waals surface area contributed by atoms with Crippen LogP contribution in [0.5, 0.6) is 5.75 Å². The number of hydrogen-bond donors (Lipinski definition) is 1. The summed E-state index contributed by atoms with van der Waals surface area (Å²) < 4.78 is 11.9. The van der Waals surface area contributed by atoms with Crippen molar-refractivity contribution < 1.29 is 14.3 Å². The monoisotopic (exact) mass is 463 g/mol. The van der Waals surface area contributed by atoms with Crippen molar-refractivity contribution >= 4 is 28.1 Å². The summed E-state index contributed by atoms with van der Waals surface area (Å²) in [5.41, 5.74) is 5.77. The number of benzene rings is 3. The van der Waals surface area contributed by atoms with Crippen LogP contribution in [-0.2, 0) is 4.74 Å². The van der Waals surface area contributed by atoms with E-state index in [1.54, 1.807) is 7.11 Å². The molecule has 5 heteroatoms. The molecule has 0 fully saturated rings. The predicted octanol–water partition coefficient (Wildman–Crippen LogP) is 6.01. The van der Waals surface area contributed by atoms with Crippen LogP contribution in [0.25, 0.3) is 17.2 Å². The zero-order chi connectivity index (χ0) is 20.9. The van der Waals surface area contributed by atoms with Gasteiger partial charge >= 0.3 is 6.09 Å². The highest BCUT2D eigenvalue weighted by molar-refractivity contribution is 9.10. The molecule has 30 heavy (non-hydrogen) atoms. The van der Waals surface area contributed by atoms with E-state index in [-0.39, 0.29) is 5.92 Å².